The first kappa shape index (κ1) is 24.5. The second kappa shape index (κ2) is 9.93. The number of nitrogens with one attached hydrogen (secondary N) is 1. The van der Waals surface area contributed by atoms with Crippen LogP contribution in [0.4, 0.5) is 18.9 Å². The number of hydrogen-bond acceptors (Lipinski definition) is 4. The van der Waals surface area contributed by atoms with Crippen LogP contribution < -0.4 is 5.32 Å². The SMILES string of the molecule is O=C(CN1CCOC2(CCN(C(=O)c3ccccc3Cl)CC2)C1)Nc1ccc(C(F)(F)F)cc1. The lowest BCUT2D eigenvalue weighted by atomic mass is 9.89. The molecular formula is C24H25ClF3N3O3. The van der Waals surface area contributed by atoms with E-state index in [0.717, 1.165) is 12.1 Å². The number of rotatable bonds is 4. The van der Waals surface area contributed by atoms with E-state index in [1.807, 2.05) is 4.90 Å². The van der Waals surface area contributed by atoms with Gasteiger partial charge < -0.3 is 15.0 Å². The molecule has 0 unspecified atom stereocenters. The van der Waals surface area contributed by atoms with Crippen LogP contribution in [-0.2, 0) is 15.7 Å². The molecule has 2 fully saturated rings. The van der Waals surface area contributed by atoms with Gasteiger partial charge in [0.25, 0.3) is 5.91 Å². The summed E-state index contributed by atoms with van der Waals surface area (Å²) in [6, 6.07) is 11.3. The van der Waals surface area contributed by atoms with E-state index in [4.69, 9.17) is 16.3 Å². The fourth-order valence-corrected chi connectivity index (χ4v) is 4.65. The Morgan fingerprint density at radius 3 is 2.35 bits per heavy atom. The van der Waals surface area contributed by atoms with E-state index in [2.05, 4.69) is 5.32 Å². The fraction of sp³-hybridized carbons (Fsp3) is 0.417. The second-order valence-corrected chi connectivity index (χ2v) is 9.04. The topological polar surface area (TPSA) is 61.9 Å². The van der Waals surface area contributed by atoms with Crippen molar-refractivity contribution in [1.82, 2.24) is 9.80 Å². The third kappa shape index (κ3) is 5.71. The molecule has 2 aliphatic heterocycles. The highest BCUT2D eigenvalue weighted by molar-refractivity contribution is 6.33. The van der Waals surface area contributed by atoms with Gasteiger partial charge in [0, 0.05) is 31.9 Å². The number of morpholine rings is 1. The van der Waals surface area contributed by atoms with Gasteiger partial charge in [0.1, 0.15) is 0 Å². The van der Waals surface area contributed by atoms with E-state index in [0.29, 0.717) is 61.9 Å². The van der Waals surface area contributed by atoms with E-state index in [9.17, 15) is 22.8 Å². The van der Waals surface area contributed by atoms with Crippen molar-refractivity contribution in [2.24, 2.45) is 0 Å². The molecule has 2 aliphatic rings. The molecule has 2 amide bonds. The number of nitrogens with zero attached hydrogens (tertiary/aromatic N) is 2. The minimum Gasteiger partial charge on any atom is -0.372 e. The van der Waals surface area contributed by atoms with E-state index in [1.54, 1.807) is 29.2 Å². The molecule has 182 valence electrons. The Morgan fingerprint density at radius 2 is 1.71 bits per heavy atom. The predicted molar refractivity (Wildman–Crippen MR) is 122 cm³/mol. The number of halogens is 4. The van der Waals surface area contributed by atoms with Gasteiger partial charge in [-0.05, 0) is 49.2 Å². The van der Waals surface area contributed by atoms with E-state index in [-0.39, 0.29) is 18.4 Å². The maximum atomic E-state index is 12.8. The molecule has 4 rings (SSSR count). The van der Waals surface area contributed by atoms with Crippen molar-refractivity contribution in [2.45, 2.75) is 24.6 Å². The number of hydrogen-bond donors (Lipinski definition) is 1. The lowest BCUT2D eigenvalue weighted by Gasteiger charge is -2.47. The van der Waals surface area contributed by atoms with Crippen molar-refractivity contribution in [3.05, 3.63) is 64.7 Å². The molecular weight excluding hydrogens is 471 g/mol. The number of piperidine rings is 1. The van der Waals surface area contributed by atoms with Crippen LogP contribution in [-0.4, -0.2) is 66.5 Å². The van der Waals surface area contributed by atoms with Crippen LogP contribution >= 0.6 is 11.6 Å². The molecule has 2 heterocycles. The zero-order valence-electron chi connectivity index (χ0n) is 18.4. The van der Waals surface area contributed by atoms with Gasteiger partial charge in [0.15, 0.2) is 0 Å². The molecule has 1 N–H and O–H groups in total. The normalized spacial score (nSPS) is 18.6. The van der Waals surface area contributed by atoms with Gasteiger partial charge >= 0.3 is 6.18 Å². The first-order chi connectivity index (χ1) is 16.2. The summed E-state index contributed by atoms with van der Waals surface area (Å²) in [5.74, 6) is -0.410. The zero-order valence-corrected chi connectivity index (χ0v) is 19.2. The van der Waals surface area contributed by atoms with Crippen LogP contribution in [0.3, 0.4) is 0 Å². The van der Waals surface area contributed by atoms with Gasteiger partial charge in [-0.2, -0.15) is 13.2 Å². The first-order valence-corrected chi connectivity index (χ1v) is 11.4. The highest BCUT2D eigenvalue weighted by atomic mass is 35.5. The molecule has 2 saturated heterocycles. The number of likely N-dealkylation sites (tertiary alicyclic amines) is 1. The lowest BCUT2D eigenvalue weighted by Crippen LogP contribution is -2.58. The fourth-order valence-electron chi connectivity index (χ4n) is 4.43. The van der Waals surface area contributed by atoms with Crippen molar-refractivity contribution in [2.75, 3.05) is 44.6 Å². The Hall–Kier alpha value is -2.62. The van der Waals surface area contributed by atoms with Crippen molar-refractivity contribution < 1.29 is 27.5 Å². The molecule has 2 aromatic rings. The molecule has 2 aromatic carbocycles. The van der Waals surface area contributed by atoms with Crippen LogP contribution in [0.2, 0.25) is 5.02 Å². The first-order valence-electron chi connectivity index (χ1n) is 11.0. The average Bonchev–Trinajstić information content (AvgIpc) is 2.79. The van der Waals surface area contributed by atoms with Crippen LogP contribution in [0.15, 0.2) is 48.5 Å². The van der Waals surface area contributed by atoms with Crippen molar-refractivity contribution in [3.8, 4) is 0 Å². The van der Waals surface area contributed by atoms with Crippen LogP contribution in [0, 0.1) is 0 Å². The summed E-state index contributed by atoms with van der Waals surface area (Å²) >= 11 is 6.17. The highest BCUT2D eigenvalue weighted by Crippen LogP contribution is 2.32. The van der Waals surface area contributed by atoms with Gasteiger partial charge in [0.05, 0.1) is 34.9 Å². The summed E-state index contributed by atoms with van der Waals surface area (Å²) in [6.45, 7) is 2.73. The van der Waals surface area contributed by atoms with Crippen LogP contribution in [0.1, 0.15) is 28.8 Å². The van der Waals surface area contributed by atoms with Crippen LogP contribution in [0.25, 0.3) is 0 Å². The number of alkyl halides is 3. The Bertz CT molecular complexity index is 1040. The maximum Gasteiger partial charge on any atom is 0.416 e. The van der Waals surface area contributed by atoms with Gasteiger partial charge in [-0.15, -0.1) is 0 Å². The molecule has 0 bridgehead atoms. The predicted octanol–water partition coefficient (Wildman–Crippen LogP) is 4.30. The number of carbonyl (C=O) groups excluding carboxylic acids is 2. The maximum absolute atomic E-state index is 12.8. The van der Waals surface area contributed by atoms with Crippen molar-refractivity contribution in [1.29, 1.82) is 0 Å². The molecule has 0 atom stereocenters. The molecule has 34 heavy (non-hydrogen) atoms. The summed E-state index contributed by atoms with van der Waals surface area (Å²) < 4.78 is 44.2. The number of anilines is 1. The Labute approximate surface area is 200 Å². The van der Waals surface area contributed by atoms with Gasteiger partial charge in [-0.3, -0.25) is 14.5 Å². The molecule has 10 heteroatoms. The monoisotopic (exact) mass is 495 g/mol. The number of amides is 2. The standard InChI is InChI=1S/C24H25ClF3N3O3/c25-20-4-2-1-3-19(20)22(33)31-11-9-23(10-12-31)16-30(13-14-34-23)15-21(32)29-18-7-5-17(6-8-18)24(26,27)28/h1-8H,9-16H2,(H,29,32). The number of ether oxygens (including phenoxy) is 1. The summed E-state index contributed by atoms with van der Waals surface area (Å²) in [5, 5.41) is 3.07. The molecule has 0 radical (unpaired) electrons. The van der Waals surface area contributed by atoms with Gasteiger partial charge in [-0.1, -0.05) is 23.7 Å². The smallest absolute Gasteiger partial charge is 0.372 e. The minimum atomic E-state index is -4.42. The van der Waals surface area contributed by atoms with Crippen molar-refractivity contribution >= 4 is 29.1 Å². The molecule has 0 aliphatic carbocycles. The summed E-state index contributed by atoms with van der Waals surface area (Å²) in [4.78, 5) is 29.1. The third-order valence-electron chi connectivity index (χ3n) is 6.26. The third-order valence-corrected chi connectivity index (χ3v) is 6.59. The average molecular weight is 496 g/mol. The van der Waals surface area contributed by atoms with Crippen LogP contribution in [0.5, 0.6) is 0 Å². The second-order valence-electron chi connectivity index (χ2n) is 8.64. The molecule has 0 saturated carbocycles. The summed E-state index contributed by atoms with van der Waals surface area (Å²) in [7, 11) is 0. The summed E-state index contributed by atoms with van der Waals surface area (Å²) in [6.07, 6.45) is -3.14. The minimum absolute atomic E-state index is 0.106. The summed E-state index contributed by atoms with van der Waals surface area (Å²) in [5.41, 5.74) is -0.414. The Kier molecular flexibility index (Phi) is 7.16. The lowest BCUT2D eigenvalue weighted by molar-refractivity contribution is -0.139. The molecule has 6 nitrogen and oxygen atoms in total. The van der Waals surface area contributed by atoms with Gasteiger partial charge in [0.2, 0.25) is 5.91 Å². The zero-order chi connectivity index (χ0) is 24.3. The largest absolute Gasteiger partial charge is 0.416 e. The van der Waals surface area contributed by atoms with E-state index >= 15 is 0 Å². The Balaban J connectivity index is 1.30. The Morgan fingerprint density at radius 1 is 1.03 bits per heavy atom. The highest BCUT2D eigenvalue weighted by Gasteiger charge is 2.41. The quantitative estimate of drug-likeness (QED) is 0.687. The van der Waals surface area contributed by atoms with Crippen molar-refractivity contribution in [3.63, 3.8) is 0 Å². The molecule has 0 aromatic heterocycles. The van der Waals surface area contributed by atoms with E-state index in [1.165, 1.54) is 12.1 Å². The van der Waals surface area contributed by atoms with Gasteiger partial charge in [-0.25, -0.2) is 0 Å². The van der Waals surface area contributed by atoms with E-state index < -0.39 is 17.3 Å². The number of carbonyl (C=O) groups is 2. The molecule has 1 spiro atoms. The number of benzene rings is 2.